The zero-order valence-corrected chi connectivity index (χ0v) is 19.5. The summed E-state index contributed by atoms with van der Waals surface area (Å²) in [4.78, 5) is 29.4. The van der Waals surface area contributed by atoms with Gasteiger partial charge in [0.2, 0.25) is 5.91 Å². The number of piperazine rings is 1. The van der Waals surface area contributed by atoms with Crippen LogP contribution < -0.4 is 5.32 Å². The van der Waals surface area contributed by atoms with Gasteiger partial charge in [0.15, 0.2) is 0 Å². The first-order chi connectivity index (χ1) is 14.6. The first-order valence-electron chi connectivity index (χ1n) is 11.2. The average Bonchev–Trinajstić information content (AvgIpc) is 3.36. The third-order valence-electron chi connectivity index (χ3n) is 5.98. The summed E-state index contributed by atoms with van der Waals surface area (Å²) in [5, 5.41) is 4.30. The molecule has 166 valence electrons. The average molecular weight is 433 g/mol. The fourth-order valence-corrected chi connectivity index (χ4v) is 5.14. The van der Waals surface area contributed by atoms with Crippen LogP contribution in [0.2, 0.25) is 0 Å². The molecule has 0 spiro atoms. The molecule has 1 aromatic rings. The standard InChI is InChI=1S/C22H36N6OS/c1-4-20-14-18(2)22(30-20)25-16-24-17-26-10-12-28(13-11-26)21(29)7-9-27-8-5-6-19(27)15-23-3/h14,16-17,19,23H,4-13,15H2,1-3H3/b24-17?,25-16-/t19-/m0/s1. The minimum Gasteiger partial charge on any atom is -0.359 e. The Bertz CT molecular complexity index is 738. The van der Waals surface area contributed by atoms with Crippen LogP contribution in [0, 0.1) is 6.92 Å². The van der Waals surface area contributed by atoms with E-state index in [2.05, 4.69) is 45.0 Å². The highest BCUT2D eigenvalue weighted by atomic mass is 32.1. The van der Waals surface area contributed by atoms with Crippen molar-refractivity contribution in [1.29, 1.82) is 0 Å². The molecule has 8 heteroatoms. The number of hydrogen-bond acceptors (Lipinski definition) is 5. The van der Waals surface area contributed by atoms with Crippen molar-refractivity contribution in [3.05, 3.63) is 16.5 Å². The van der Waals surface area contributed by atoms with E-state index in [4.69, 9.17) is 0 Å². The van der Waals surface area contributed by atoms with Gasteiger partial charge in [-0.05, 0) is 51.4 Å². The van der Waals surface area contributed by atoms with Gasteiger partial charge in [0.1, 0.15) is 11.3 Å². The Labute approximate surface area is 184 Å². The number of likely N-dealkylation sites (tertiary alicyclic amines) is 1. The van der Waals surface area contributed by atoms with Gasteiger partial charge in [-0.15, -0.1) is 11.3 Å². The highest BCUT2D eigenvalue weighted by Crippen LogP contribution is 2.30. The number of aliphatic imine (C=N–C) groups is 2. The largest absolute Gasteiger partial charge is 0.359 e. The number of carbonyl (C=O) groups is 1. The number of hydrogen-bond donors (Lipinski definition) is 1. The SMILES string of the molecule is CCc1cc(C)c(/N=C\N=CN2CCN(C(=O)CCN3CCC[C@H]3CNC)CC2)s1. The highest BCUT2D eigenvalue weighted by Gasteiger charge is 2.25. The molecule has 1 atom stereocenters. The molecular formula is C22H36N6OS. The number of aryl methyl sites for hydroxylation is 2. The molecule has 3 rings (SSSR count). The van der Waals surface area contributed by atoms with Crippen molar-refractivity contribution in [3.8, 4) is 0 Å². The van der Waals surface area contributed by atoms with Gasteiger partial charge in [-0.25, -0.2) is 9.98 Å². The summed E-state index contributed by atoms with van der Waals surface area (Å²) in [6.45, 7) is 10.5. The van der Waals surface area contributed by atoms with Gasteiger partial charge in [-0.1, -0.05) is 6.92 Å². The zero-order valence-electron chi connectivity index (χ0n) is 18.6. The molecule has 1 aromatic heterocycles. The Morgan fingerprint density at radius 1 is 1.30 bits per heavy atom. The fraction of sp³-hybridized carbons (Fsp3) is 0.682. The van der Waals surface area contributed by atoms with E-state index in [1.54, 1.807) is 17.7 Å². The first kappa shape index (κ1) is 22.9. The molecule has 0 bridgehead atoms. The van der Waals surface area contributed by atoms with E-state index in [1.165, 1.54) is 23.3 Å². The Kier molecular flexibility index (Phi) is 8.84. The van der Waals surface area contributed by atoms with Crippen LogP contribution in [-0.2, 0) is 11.2 Å². The zero-order chi connectivity index (χ0) is 21.3. The monoisotopic (exact) mass is 432 g/mol. The van der Waals surface area contributed by atoms with Crippen molar-refractivity contribution in [1.82, 2.24) is 20.0 Å². The lowest BCUT2D eigenvalue weighted by molar-refractivity contribution is -0.132. The molecule has 2 aliphatic heterocycles. The van der Waals surface area contributed by atoms with E-state index in [-0.39, 0.29) is 5.91 Å². The maximum Gasteiger partial charge on any atom is 0.223 e. The molecule has 0 saturated carbocycles. The molecule has 2 aliphatic rings. The van der Waals surface area contributed by atoms with Crippen molar-refractivity contribution in [2.45, 2.75) is 45.6 Å². The highest BCUT2D eigenvalue weighted by molar-refractivity contribution is 7.16. The van der Waals surface area contributed by atoms with Gasteiger partial charge < -0.3 is 15.1 Å². The molecule has 1 N–H and O–H groups in total. The van der Waals surface area contributed by atoms with Gasteiger partial charge >= 0.3 is 0 Å². The third-order valence-corrected chi connectivity index (χ3v) is 7.27. The molecule has 0 radical (unpaired) electrons. The van der Waals surface area contributed by atoms with Crippen molar-refractivity contribution in [3.63, 3.8) is 0 Å². The molecule has 1 amide bonds. The molecule has 0 aliphatic carbocycles. The summed E-state index contributed by atoms with van der Waals surface area (Å²) < 4.78 is 0. The van der Waals surface area contributed by atoms with Crippen LogP contribution in [0.4, 0.5) is 5.00 Å². The maximum absolute atomic E-state index is 12.6. The number of rotatable bonds is 9. The molecular weight excluding hydrogens is 396 g/mol. The van der Waals surface area contributed by atoms with Crippen molar-refractivity contribution in [2.24, 2.45) is 9.98 Å². The van der Waals surface area contributed by atoms with Crippen LogP contribution in [0.25, 0.3) is 0 Å². The summed E-state index contributed by atoms with van der Waals surface area (Å²) >= 11 is 1.73. The summed E-state index contributed by atoms with van der Waals surface area (Å²) in [5.74, 6) is 0.281. The normalized spacial score (nSPS) is 20.8. The van der Waals surface area contributed by atoms with Crippen molar-refractivity contribution >= 4 is 34.9 Å². The predicted molar refractivity (Wildman–Crippen MR) is 126 cm³/mol. The number of amides is 1. The first-order valence-corrected chi connectivity index (χ1v) is 12.0. The second-order valence-electron chi connectivity index (χ2n) is 8.12. The fourth-order valence-electron chi connectivity index (χ4n) is 4.19. The summed E-state index contributed by atoms with van der Waals surface area (Å²) in [6, 6.07) is 2.78. The van der Waals surface area contributed by atoms with Gasteiger partial charge in [-0.3, -0.25) is 9.69 Å². The minimum atomic E-state index is 0.281. The van der Waals surface area contributed by atoms with E-state index >= 15 is 0 Å². The Morgan fingerprint density at radius 3 is 2.80 bits per heavy atom. The molecule has 7 nitrogen and oxygen atoms in total. The molecule has 30 heavy (non-hydrogen) atoms. The Balaban J connectivity index is 1.37. The second-order valence-corrected chi connectivity index (χ2v) is 9.24. The number of carbonyl (C=O) groups excluding carboxylic acids is 1. The minimum absolute atomic E-state index is 0.281. The summed E-state index contributed by atoms with van der Waals surface area (Å²) in [7, 11) is 2.00. The number of nitrogens with zero attached hydrogens (tertiary/aromatic N) is 5. The van der Waals surface area contributed by atoms with Gasteiger partial charge in [-0.2, -0.15) is 0 Å². The quantitative estimate of drug-likeness (QED) is 0.481. The smallest absolute Gasteiger partial charge is 0.223 e. The Hall–Kier alpha value is -1.77. The summed E-state index contributed by atoms with van der Waals surface area (Å²) in [6.07, 6.45) is 7.63. The Morgan fingerprint density at radius 2 is 2.10 bits per heavy atom. The second kappa shape index (κ2) is 11.6. The molecule has 2 fully saturated rings. The molecule has 0 aromatic carbocycles. The molecule has 3 heterocycles. The van der Waals surface area contributed by atoms with Crippen molar-refractivity contribution < 1.29 is 4.79 Å². The topological polar surface area (TPSA) is 63.5 Å². The van der Waals surface area contributed by atoms with Crippen LogP contribution in [0.3, 0.4) is 0 Å². The van der Waals surface area contributed by atoms with Gasteiger partial charge in [0.25, 0.3) is 0 Å². The van der Waals surface area contributed by atoms with E-state index in [9.17, 15) is 4.79 Å². The van der Waals surface area contributed by atoms with Gasteiger partial charge in [0.05, 0.1) is 6.34 Å². The lowest BCUT2D eigenvalue weighted by atomic mass is 10.2. The summed E-state index contributed by atoms with van der Waals surface area (Å²) in [5.41, 5.74) is 1.21. The van der Waals surface area contributed by atoms with Crippen LogP contribution in [-0.4, -0.2) is 92.2 Å². The van der Waals surface area contributed by atoms with Crippen molar-refractivity contribution in [2.75, 3.05) is 52.9 Å². The van der Waals surface area contributed by atoms with Crippen LogP contribution in [0.15, 0.2) is 16.1 Å². The van der Waals surface area contributed by atoms with Gasteiger partial charge in [0, 0.05) is 56.6 Å². The lowest BCUT2D eigenvalue weighted by Gasteiger charge is -2.34. The van der Waals surface area contributed by atoms with Crippen LogP contribution in [0.5, 0.6) is 0 Å². The van der Waals surface area contributed by atoms with E-state index < -0.39 is 0 Å². The number of likely N-dealkylation sites (N-methyl/N-ethyl adjacent to an activating group) is 1. The number of thiophene rings is 1. The molecule has 2 saturated heterocycles. The van der Waals surface area contributed by atoms with Crippen LogP contribution >= 0.6 is 11.3 Å². The maximum atomic E-state index is 12.6. The lowest BCUT2D eigenvalue weighted by Crippen LogP contribution is -2.49. The third kappa shape index (κ3) is 6.36. The molecule has 0 unspecified atom stereocenters. The van der Waals surface area contributed by atoms with E-state index in [0.29, 0.717) is 12.5 Å². The van der Waals surface area contributed by atoms with E-state index in [0.717, 1.165) is 57.2 Å². The van der Waals surface area contributed by atoms with Crippen LogP contribution in [0.1, 0.15) is 36.6 Å². The predicted octanol–water partition coefficient (Wildman–Crippen LogP) is 2.53. The van der Waals surface area contributed by atoms with E-state index in [1.807, 2.05) is 18.3 Å². The number of nitrogens with one attached hydrogen (secondary N) is 1.